The highest BCUT2D eigenvalue weighted by Gasteiger charge is 2.31. The second-order valence-electron chi connectivity index (χ2n) is 9.11. The van der Waals surface area contributed by atoms with Crippen LogP contribution in [-0.2, 0) is 11.2 Å². The minimum atomic E-state index is -0.723. The van der Waals surface area contributed by atoms with E-state index in [0.29, 0.717) is 35.6 Å². The maximum absolute atomic E-state index is 13.8. The molecule has 0 saturated carbocycles. The molecule has 2 amide bonds. The molecule has 1 N–H and O–H groups in total. The second-order valence-corrected chi connectivity index (χ2v) is 9.54. The molecule has 186 valence electrons. The summed E-state index contributed by atoms with van der Waals surface area (Å²) in [6.45, 7) is 1.98. The third kappa shape index (κ3) is 6.35. The molecule has 0 saturated heterocycles. The number of nitrogens with zero attached hydrogens (tertiary/aromatic N) is 1. The Kier molecular flexibility index (Phi) is 8.44. The van der Waals surface area contributed by atoms with Crippen molar-refractivity contribution in [1.82, 2.24) is 10.2 Å². The number of hydrogen-bond donors (Lipinski definition) is 1. The van der Waals surface area contributed by atoms with Crippen LogP contribution in [0.25, 0.3) is 0 Å². The molecule has 3 atom stereocenters. The fraction of sp³-hybridized carbons (Fsp3) is 0.267. The number of benzene rings is 3. The van der Waals surface area contributed by atoms with E-state index in [1.54, 1.807) is 19.2 Å². The number of amides is 2. The normalized spacial score (nSPS) is 22.1. The van der Waals surface area contributed by atoms with Crippen molar-refractivity contribution in [2.75, 3.05) is 7.05 Å². The molecule has 0 unspecified atom stereocenters. The number of carbonyl (C=O) groups excluding carboxylic acids is 2. The molecular formula is C30H31ClN2O3. The average Bonchev–Trinajstić information content (AvgIpc) is 2.88. The number of para-hydroxylation sites is 1. The maximum atomic E-state index is 13.8. The van der Waals surface area contributed by atoms with Crippen LogP contribution in [0.15, 0.2) is 91.0 Å². The summed E-state index contributed by atoms with van der Waals surface area (Å²) in [6, 6.07) is 23.4. The Morgan fingerprint density at radius 3 is 2.44 bits per heavy atom. The second kappa shape index (κ2) is 11.9. The van der Waals surface area contributed by atoms with E-state index < -0.39 is 6.04 Å². The van der Waals surface area contributed by atoms with Crippen LogP contribution in [0.4, 0.5) is 0 Å². The van der Waals surface area contributed by atoms with Crippen LogP contribution in [-0.4, -0.2) is 35.9 Å². The Morgan fingerprint density at radius 1 is 0.944 bits per heavy atom. The quantitative estimate of drug-likeness (QED) is 0.447. The molecule has 6 heteroatoms. The summed E-state index contributed by atoms with van der Waals surface area (Å²) in [5.74, 6) is 0.0284. The minimum Gasteiger partial charge on any atom is -0.490 e. The first kappa shape index (κ1) is 25.5. The lowest BCUT2D eigenvalue weighted by Crippen LogP contribution is -2.49. The average molecular weight is 503 g/mol. The first-order valence-corrected chi connectivity index (χ1v) is 12.6. The maximum Gasteiger partial charge on any atom is 0.258 e. The van der Waals surface area contributed by atoms with Gasteiger partial charge in [-0.05, 0) is 48.7 Å². The molecule has 1 aliphatic heterocycles. The Bertz CT molecular complexity index is 1230. The van der Waals surface area contributed by atoms with Gasteiger partial charge in [0.1, 0.15) is 11.8 Å². The number of fused-ring (bicyclic) bond motifs is 1. The van der Waals surface area contributed by atoms with Gasteiger partial charge in [-0.15, -0.1) is 0 Å². The van der Waals surface area contributed by atoms with E-state index in [1.165, 1.54) is 4.90 Å². The van der Waals surface area contributed by atoms with Gasteiger partial charge in [0.25, 0.3) is 5.91 Å². The Balaban J connectivity index is 1.73. The summed E-state index contributed by atoms with van der Waals surface area (Å²) >= 11 is 6.26. The van der Waals surface area contributed by atoms with Gasteiger partial charge in [0, 0.05) is 24.9 Å². The molecule has 1 heterocycles. The largest absolute Gasteiger partial charge is 0.490 e. The lowest BCUT2D eigenvalue weighted by molar-refractivity contribution is -0.126. The van der Waals surface area contributed by atoms with E-state index in [1.807, 2.05) is 73.7 Å². The monoisotopic (exact) mass is 502 g/mol. The zero-order chi connectivity index (χ0) is 25.5. The van der Waals surface area contributed by atoms with E-state index in [2.05, 4.69) is 17.5 Å². The molecular weight excluding hydrogens is 472 g/mol. The van der Waals surface area contributed by atoms with Gasteiger partial charge in [-0.25, -0.2) is 0 Å². The third-order valence-electron chi connectivity index (χ3n) is 6.38. The Morgan fingerprint density at radius 2 is 1.67 bits per heavy atom. The van der Waals surface area contributed by atoms with Crippen molar-refractivity contribution in [2.24, 2.45) is 0 Å². The van der Waals surface area contributed by atoms with Crippen molar-refractivity contribution in [3.63, 3.8) is 0 Å². The molecule has 0 radical (unpaired) electrons. The van der Waals surface area contributed by atoms with Gasteiger partial charge in [0.2, 0.25) is 5.91 Å². The first-order valence-electron chi connectivity index (χ1n) is 12.2. The Labute approximate surface area is 217 Å². The van der Waals surface area contributed by atoms with Crippen LogP contribution in [0.5, 0.6) is 5.75 Å². The molecule has 5 nitrogen and oxygen atoms in total. The van der Waals surface area contributed by atoms with E-state index in [9.17, 15) is 9.59 Å². The molecule has 36 heavy (non-hydrogen) atoms. The third-order valence-corrected chi connectivity index (χ3v) is 6.62. The van der Waals surface area contributed by atoms with Crippen molar-refractivity contribution in [2.45, 2.75) is 44.4 Å². The van der Waals surface area contributed by atoms with Crippen LogP contribution in [0.3, 0.4) is 0 Å². The highest BCUT2D eigenvalue weighted by Crippen LogP contribution is 2.26. The van der Waals surface area contributed by atoms with Crippen molar-refractivity contribution in [3.8, 4) is 5.75 Å². The highest BCUT2D eigenvalue weighted by atomic mass is 35.5. The van der Waals surface area contributed by atoms with E-state index >= 15 is 0 Å². The van der Waals surface area contributed by atoms with Crippen molar-refractivity contribution < 1.29 is 14.3 Å². The van der Waals surface area contributed by atoms with Gasteiger partial charge in [0.05, 0.1) is 17.7 Å². The first-order chi connectivity index (χ1) is 17.4. The van der Waals surface area contributed by atoms with E-state index in [4.69, 9.17) is 16.3 Å². The zero-order valence-corrected chi connectivity index (χ0v) is 21.3. The molecule has 3 aromatic rings. The van der Waals surface area contributed by atoms with Crippen molar-refractivity contribution in [1.29, 1.82) is 0 Å². The molecule has 4 rings (SSSR count). The van der Waals surface area contributed by atoms with Crippen LogP contribution in [0, 0.1) is 0 Å². The van der Waals surface area contributed by atoms with Crippen LogP contribution in [0.1, 0.15) is 47.3 Å². The van der Waals surface area contributed by atoms with Gasteiger partial charge in [-0.2, -0.15) is 0 Å². The smallest absolute Gasteiger partial charge is 0.258 e. The number of nitrogens with one attached hydrogen (secondary N) is 1. The lowest BCUT2D eigenvalue weighted by atomic mass is 9.99. The predicted molar refractivity (Wildman–Crippen MR) is 143 cm³/mol. The topological polar surface area (TPSA) is 58.6 Å². The fourth-order valence-corrected chi connectivity index (χ4v) is 4.57. The SMILES string of the molecule is C[C@H]1C/C=C\C[C@H](c2cccc(Cl)c2)NC(=O)[C@@H](Cc2ccccc2)N(C)C(=O)c2ccccc2O1. The van der Waals surface area contributed by atoms with Gasteiger partial charge < -0.3 is 15.0 Å². The van der Waals surface area contributed by atoms with Crippen LogP contribution in [0.2, 0.25) is 5.02 Å². The van der Waals surface area contributed by atoms with Gasteiger partial charge >= 0.3 is 0 Å². The van der Waals surface area contributed by atoms with E-state index in [-0.39, 0.29) is 24.0 Å². The molecule has 0 fully saturated rings. The van der Waals surface area contributed by atoms with Crippen LogP contribution >= 0.6 is 11.6 Å². The molecule has 0 spiro atoms. The van der Waals surface area contributed by atoms with Crippen LogP contribution < -0.4 is 10.1 Å². The molecule has 1 aliphatic rings. The van der Waals surface area contributed by atoms with E-state index in [0.717, 1.165) is 11.1 Å². The summed E-state index contributed by atoms with van der Waals surface area (Å²) in [4.78, 5) is 29.0. The zero-order valence-electron chi connectivity index (χ0n) is 20.6. The number of hydrogen-bond acceptors (Lipinski definition) is 3. The predicted octanol–water partition coefficient (Wildman–Crippen LogP) is 6.00. The summed E-state index contributed by atoms with van der Waals surface area (Å²) in [5, 5.41) is 3.81. The Hall–Kier alpha value is -3.57. The molecule has 3 aromatic carbocycles. The van der Waals surface area contributed by atoms with Gasteiger partial charge in [-0.1, -0.05) is 78.4 Å². The number of carbonyl (C=O) groups is 2. The number of rotatable bonds is 3. The van der Waals surface area contributed by atoms with Crippen molar-refractivity contribution in [3.05, 3.63) is 113 Å². The summed E-state index contributed by atoms with van der Waals surface area (Å²) in [6.07, 6.45) is 5.63. The molecule has 0 aromatic heterocycles. The number of halogens is 1. The summed E-state index contributed by atoms with van der Waals surface area (Å²) < 4.78 is 6.15. The lowest BCUT2D eigenvalue weighted by Gasteiger charge is -2.30. The van der Waals surface area contributed by atoms with Gasteiger partial charge in [0.15, 0.2) is 0 Å². The number of likely N-dealkylation sites (N-methyl/N-ethyl adjacent to an activating group) is 1. The molecule has 0 bridgehead atoms. The molecule has 0 aliphatic carbocycles. The summed E-state index contributed by atoms with van der Waals surface area (Å²) in [5.41, 5.74) is 2.32. The van der Waals surface area contributed by atoms with Crippen molar-refractivity contribution >= 4 is 23.4 Å². The standard InChI is InChI=1S/C30H31ClN2O3/c1-21-11-6-8-17-26(23-14-10-15-24(31)20-23)32-29(34)27(19-22-12-4-3-5-13-22)33(2)30(35)25-16-7-9-18-28(25)36-21/h3-10,12-16,18,20-21,26-27H,11,17,19H2,1-2H3,(H,32,34)/b8-6-/t21-,26+,27+/m0/s1. The van der Waals surface area contributed by atoms with Gasteiger partial charge in [-0.3, -0.25) is 9.59 Å². The minimum absolute atomic E-state index is 0.122. The highest BCUT2D eigenvalue weighted by molar-refractivity contribution is 6.30. The summed E-state index contributed by atoms with van der Waals surface area (Å²) in [7, 11) is 1.68. The number of ether oxygens (including phenoxy) is 1. The fourth-order valence-electron chi connectivity index (χ4n) is 4.38.